The molecule has 1 heterocycles. The molecule has 7 heteroatoms. The largest absolute Gasteiger partial charge is 0.368 e. The van der Waals surface area contributed by atoms with E-state index in [1.165, 1.54) is 0 Å². The summed E-state index contributed by atoms with van der Waals surface area (Å²) in [5.41, 5.74) is 5.95. The third-order valence-corrected chi connectivity index (χ3v) is 3.00. The van der Waals surface area contributed by atoms with E-state index in [1.54, 1.807) is 0 Å². The molecule has 3 rings (SSSR count). The summed E-state index contributed by atoms with van der Waals surface area (Å²) in [6, 6.07) is 13.5. The predicted octanol–water partition coefficient (Wildman–Crippen LogP) is 2.86. The van der Waals surface area contributed by atoms with Crippen molar-refractivity contribution < 1.29 is 4.92 Å². The highest BCUT2D eigenvalue weighted by Crippen LogP contribution is 2.27. The molecule has 0 aliphatic heterocycles. The van der Waals surface area contributed by atoms with Crippen LogP contribution in [0.3, 0.4) is 0 Å². The zero-order valence-corrected chi connectivity index (χ0v) is 10.9. The van der Waals surface area contributed by atoms with E-state index in [4.69, 9.17) is 5.73 Å². The van der Waals surface area contributed by atoms with Gasteiger partial charge < -0.3 is 11.1 Å². The topological polar surface area (TPSA) is 107 Å². The Hall–Kier alpha value is -3.22. The van der Waals surface area contributed by atoms with E-state index in [2.05, 4.69) is 15.3 Å². The summed E-state index contributed by atoms with van der Waals surface area (Å²) in [7, 11) is 0. The molecule has 0 aliphatic rings. The Kier molecular flexibility index (Phi) is 3.07. The number of nitrogens with two attached hydrogens (primary N) is 1. The average molecular weight is 281 g/mol. The third-order valence-electron chi connectivity index (χ3n) is 3.00. The standard InChI is InChI=1S/C14H11N5O2/c15-14-16-8-12(19(20)21)13(18-14)17-11-6-5-9-3-1-2-4-10(9)7-11/h1-8H,(H3,15,16,17,18). The van der Waals surface area contributed by atoms with Gasteiger partial charge in [-0.1, -0.05) is 30.3 Å². The van der Waals surface area contributed by atoms with Crippen molar-refractivity contribution in [1.29, 1.82) is 0 Å². The Morgan fingerprint density at radius 1 is 1.14 bits per heavy atom. The summed E-state index contributed by atoms with van der Waals surface area (Å²) >= 11 is 0. The molecule has 0 radical (unpaired) electrons. The molecule has 0 saturated heterocycles. The lowest BCUT2D eigenvalue weighted by Crippen LogP contribution is -2.04. The number of nitrogens with one attached hydrogen (secondary N) is 1. The van der Waals surface area contributed by atoms with Gasteiger partial charge in [-0.25, -0.2) is 4.98 Å². The number of hydrogen-bond acceptors (Lipinski definition) is 6. The quantitative estimate of drug-likeness (QED) is 0.564. The number of nitrogen functional groups attached to an aromatic ring is 1. The molecule has 0 fully saturated rings. The molecule has 104 valence electrons. The first-order chi connectivity index (χ1) is 10.1. The minimum absolute atomic E-state index is 0.0242. The molecule has 7 nitrogen and oxygen atoms in total. The predicted molar refractivity (Wildman–Crippen MR) is 80.3 cm³/mol. The fraction of sp³-hybridized carbons (Fsp3) is 0. The number of benzene rings is 2. The van der Waals surface area contributed by atoms with Crippen molar-refractivity contribution >= 4 is 33.9 Å². The Morgan fingerprint density at radius 3 is 2.67 bits per heavy atom. The molecule has 0 bridgehead atoms. The summed E-state index contributed by atoms with van der Waals surface area (Å²) < 4.78 is 0. The normalized spacial score (nSPS) is 10.5. The minimum Gasteiger partial charge on any atom is -0.368 e. The highest BCUT2D eigenvalue weighted by molar-refractivity contribution is 5.86. The molecule has 0 atom stereocenters. The molecule has 0 spiro atoms. The SMILES string of the molecule is Nc1ncc([N+](=O)[O-])c(Nc2ccc3ccccc3c2)n1. The highest BCUT2D eigenvalue weighted by Gasteiger charge is 2.16. The first-order valence-electron chi connectivity index (χ1n) is 6.16. The number of aromatic nitrogens is 2. The molecule has 0 saturated carbocycles. The van der Waals surface area contributed by atoms with Crippen LogP contribution in [0.5, 0.6) is 0 Å². The number of nitro groups is 1. The van der Waals surface area contributed by atoms with Crippen LogP contribution in [0.25, 0.3) is 10.8 Å². The first-order valence-corrected chi connectivity index (χ1v) is 6.16. The monoisotopic (exact) mass is 281 g/mol. The van der Waals surface area contributed by atoms with E-state index in [1.807, 2.05) is 42.5 Å². The van der Waals surface area contributed by atoms with Gasteiger partial charge in [0.1, 0.15) is 6.20 Å². The van der Waals surface area contributed by atoms with Crippen molar-refractivity contribution in [3.8, 4) is 0 Å². The van der Waals surface area contributed by atoms with Crippen LogP contribution in [0.1, 0.15) is 0 Å². The van der Waals surface area contributed by atoms with Crippen LogP contribution in [-0.4, -0.2) is 14.9 Å². The second kappa shape index (κ2) is 5.04. The third kappa shape index (κ3) is 2.57. The van der Waals surface area contributed by atoms with Crippen LogP contribution in [0.4, 0.5) is 23.1 Å². The molecular formula is C14H11N5O2. The fourth-order valence-corrected chi connectivity index (χ4v) is 2.02. The molecular weight excluding hydrogens is 270 g/mol. The van der Waals surface area contributed by atoms with E-state index in [9.17, 15) is 10.1 Å². The Bertz CT molecular complexity index is 834. The molecule has 0 unspecified atom stereocenters. The van der Waals surface area contributed by atoms with Gasteiger partial charge in [-0.3, -0.25) is 10.1 Å². The van der Waals surface area contributed by atoms with Crippen molar-refractivity contribution in [2.75, 3.05) is 11.1 Å². The molecule has 0 amide bonds. The van der Waals surface area contributed by atoms with Crippen molar-refractivity contribution in [1.82, 2.24) is 9.97 Å². The van der Waals surface area contributed by atoms with E-state index < -0.39 is 4.92 Å². The summed E-state index contributed by atoms with van der Waals surface area (Å²) in [4.78, 5) is 17.9. The maximum Gasteiger partial charge on any atom is 0.329 e. The van der Waals surface area contributed by atoms with Crippen LogP contribution in [0, 0.1) is 10.1 Å². The second-order valence-electron chi connectivity index (χ2n) is 4.41. The van der Waals surface area contributed by atoms with E-state index in [-0.39, 0.29) is 17.5 Å². The molecule has 3 N–H and O–H groups in total. The van der Waals surface area contributed by atoms with Gasteiger partial charge in [0.15, 0.2) is 0 Å². The zero-order valence-electron chi connectivity index (χ0n) is 10.9. The lowest BCUT2D eigenvalue weighted by molar-refractivity contribution is -0.384. The van der Waals surface area contributed by atoms with E-state index in [0.717, 1.165) is 17.0 Å². The van der Waals surface area contributed by atoms with E-state index >= 15 is 0 Å². The van der Waals surface area contributed by atoms with Gasteiger partial charge in [-0.05, 0) is 22.9 Å². The van der Waals surface area contributed by atoms with Gasteiger partial charge in [0.25, 0.3) is 0 Å². The zero-order chi connectivity index (χ0) is 14.8. The second-order valence-corrected chi connectivity index (χ2v) is 4.41. The van der Waals surface area contributed by atoms with Crippen molar-refractivity contribution in [2.45, 2.75) is 0 Å². The van der Waals surface area contributed by atoms with Gasteiger partial charge in [-0.15, -0.1) is 0 Å². The summed E-state index contributed by atoms with van der Waals surface area (Å²) in [5.74, 6) is 0.0478. The Labute approximate surface area is 119 Å². The van der Waals surface area contributed by atoms with Crippen LogP contribution in [0.15, 0.2) is 48.7 Å². The van der Waals surface area contributed by atoms with Gasteiger partial charge in [-0.2, -0.15) is 4.98 Å². The average Bonchev–Trinajstić information content (AvgIpc) is 2.47. The van der Waals surface area contributed by atoms with Crippen LogP contribution >= 0.6 is 0 Å². The number of anilines is 3. The van der Waals surface area contributed by atoms with Crippen molar-refractivity contribution in [2.24, 2.45) is 0 Å². The number of rotatable bonds is 3. The highest BCUT2D eigenvalue weighted by atomic mass is 16.6. The van der Waals surface area contributed by atoms with Crippen LogP contribution < -0.4 is 11.1 Å². The maximum atomic E-state index is 11.0. The number of nitrogens with zero attached hydrogens (tertiary/aromatic N) is 3. The number of hydrogen-bond donors (Lipinski definition) is 2. The first kappa shape index (κ1) is 12.8. The van der Waals surface area contributed by atoms with Crippen LogP contribution in [0.2, 0.25) is 0 Å². The van der Waals surface area contributed by atoms with Crippen molar-refractivity contribution in [3.05, 3.63) is 58.8 Å². The smallest absolute Gasteiger partial charge is 0.329 e. The molecule has 2 aromatic carbocycles. The Balaban J connectivity index is 2.02. The molecule has 0 aliphatic carbocycles. The lowest BCUT2D eigenvalue weighted by Gasteiger charge is -2.07. The fourth-order valence-electron chi connectivity index (χ4n) is 2.02. The summed E-state index contributed by atoms with van der Waals surface area (Å²) in [6.45, 7) is 0. The lowest BCUT2D eigenvalue weighted by atomic mass is 10.1. The van der Waals surface area contributed by atoms with Gasteiger partial charge in [0.2, 0.25) is 11.8 Å². The van der Waals surface area contributed by atoms with Crippen molar-refractivity contribution in [3.63, 3.8) is 0 Å². The number of fused-ring (bicyclic) bond motifs is 1. The summed E-state index contributed by atoms with van der Waals surface area (Å²) in [6.07, 6.45) is 1.09. The van der Waals surface area contributed by atoms with Crippen LogP contribution in [-0.2, 0) is 0 Å². The molecule has 21 heavy (non-hydrogen) atoms. The Morgan fingerprint density at radius 2 is 1.90 bits per heavy atom. The van der Waals surface area contributed by atoms with Gasteiger partial charge in [0, 0.05) is 5.69 Å². The molecule has 3 aromatic rings. The maximum absolute atomic E-state index is 11.0. The van der Waals surface area contributed by atoms with Gasteiger partial charge in [0.05, 0.1) is 4.92 Å². The molecule has 1 aromatic heterocycles. The minimum atomic E-state index is -0.553. The van der Waals surface area contributed by atoms with E-state index in [0.29, 0.717) is 5.69 Å². The summed E-state index contributed by atoms with van der Waals surface area (Å²) in [5, 5.41) is 16.0. The van der Waals surface area contributed by atoms with Gasteiger partial charge >= 0.3 is 5.69 Å².